The highest BCUT2D eigenvalue weighted by molar-refractivity contribution is 5.93. The number of amides is 2. The Morgan fingerprint density at radius 3 is 2.69 bits per heavy atom. The van der Waals surface area contributed by atoms with Crippen LogP contribution in [0.4, 0.5) is 0 Å². The Balaban J connectivity index is 1.48. The van der Waals surface area contributed by atoms with Crippen LogP contribution in [0.15, 0.2) is 21.3 Å². The molecule has 1 spiro atoms. The van der Waals surface area contributed by atoms with E-state index in [0.717, 1.165) is 25.9 Å². The van der Waals surface area contributed by atoms with Crippen LogP contribution >= 0.6 is 0 Å². The summed E-state index contributed by atoms with van der Waals surface area (Å²) in [6.07, 6.45) is 6.28. The second-order valence-electron chi connectivity index (χ2n) is 8.18. The summed E-state index contributed by atoms with van der Waals surface area (Å²) >= 11 is 0. The Bertz CT molecular complexity index is 782. The Morgan fingerprint density at radius 2 is 2.00 bits per heavy atom. The first-order chi connectivity index (χ1) is 12.5. The monoisotopic (exact) mass is 358 g/mol. The van der Waals surface area contributed by atoms with Gasteiger partial charge in [-0.1, -0.05) is 6.42 Å². The third kappa shape index (κ3) is 3.06. The molecule has 0 bridgehead atoms. The zero-order chi connectivity index (χ0) is 18.3. The van der Waals surface area contributed by atoms with Gasteiger partial charge in [0.25, 0.3) is 5.91 Å². The number of rotatable bonds is 3. The molecule has 0 unspecified atom stereocenters. The molecule has 1 aromatic rings. The summed E-state index contributed by atoms with van der Waals surface area (Å²) in [7, 11) is 0. The van der Waals surface area contributed by atoms with Crippen LogP contribution in [0, 0.1) is 18.3 Å². The SMILES string of the molecule is Cc1cc(=O)cc(C(=O)N2CC[C@]3(CCCN(CC4CCC4)C3=O)C2)o1. The van der Waals surface area contributed by atoms with E-state index in [1.807, 2.05) is 4.90 Å². The summed E-state index contributed by atoms with van der Waals surface area (Å²) in [5.74, 6) is 1.09. The smallest absolute Gasteiger partial charge is 0.289 e. The zero-order valence-corrected chi connectivity index (χ0v) is 15.3. The summed E-state index contributed by atoms with van der Waals surface area (Å²) < 4.78 is 5.44. The molecule has 2 saturated heterocycles. The maximum atomic E-state index is 13.2. The number of carbonyl (C=O) groups excluding carboxylic acids is 2. The van der Waals surface area contributed by atoms with Gasteiger partial charge in [-0.25, -0.2) is 0 Å². The van der Waals surface area contributed by atoms with Crippen molar-refractivity contribution in [3.63, 3.8) is 0 Å². The van der Waals surface area contributed by atoms with Crippen molar-refractivity contribution in [3.8, 4) is 0 Å². The maximum absolute atomic E-state index is 13.2. The van der Waals surface area contributed by atoms with Crippen LogP contribution in [0.3, 0.4) is 0 Å². The first-order valence-corrected chi connectivity index (χ1v) is 9.67. The van der Waals surface area contributed by atoms with E-state index in [9.17, 15) is 14.4 Å². The minimum atomic E-state index is -0.443. The molecule has 1 atom stereocenters. The molecule has 4 rings (SSSR count). The van der Waals surface area contributed by atoms with E-state index in [-0.39, 0.29) is 23.0 Å². The van der Waals surface area contributed by atoms with Gasteiger partial charge in [0, 0.05) is 38.3 Å². The van der Waals surface area contributed by atoms with Crippen molar-refractivity contribution in [2.45, 2.75) is 45.4 Å². The number of hydrogen-bond acceptors (Lipinski definition) is 4. The highest BCUT2D eigenvalue weighted by Gasteiger charge is 2.50. The average Bonchev–Trinajstić information content (AvgIpc) is 2.98. The van der Waals surface area contributed by atoms with E-state index >= 15 is 0 Å². The zero-order valence-electron chi connectivity index (χ0n) is 15.3. The molecule has 3 heterocycles. The van der Waals surface area contributed by atoms with Gasteiger partial charge in [-0.2, -0.15) is 0 Å². The van der Waals surface area contributed by atoms with E-state index in [1.165, 1.54) is 31.4 Å². The van der Waals surface area contributed by atoms with Crippen LogP contribution in [-0.2, 0) is 4.79 Å². The van der Waals surface area contributed by atoms with Crippen LogP contribution in [0.5, 0.6) is 0 Å². The van der Waals surface area contributed by atoms with Gasteiger partial charge < -0.3 is 14.2 Å². The molecular formula is C20H26N2O4. The summed E-state index contributed by atoms with van der Waals surface area (Å²) in [6.45, 7) is 4.36. The Labute approximate surface area is 153 Å². The molecule has 0 radical (unpaired) electrons. The summed E-state index contributed by atoms with van der Waals surface area (Å²) in [5, 5.41) is 0. The molecule has 6 nitrogen and oxygen atoms in total. The van der Waals surface area contributed by atoms with E-state index < -0.39 is 5.41 Å². The van der Waals surface area contributed by atoms with Gasteiger partial charge in [-0.3, -0.25) is 14.4 Å². The summed E-state index contributed by atoms with van der Waals surface area (Å²) in [5.41, 5.74) is -0.673. The molecule has 0 N–H and O–H groups in total. The minimum absolute atomic E-state index is 0.0710. The number of likely N-dealkylation sites (tertiary alicyclic amines) is 2. The topological polar surface area (TPSA) is 70.8 Å². The van der Waals surface area contributed by atoms with Crippen LogP contribution < -0.4 is 5.43 Å². The molecule has 0 aromatic carbocycles. The summed E-state index contributed by atoms with van der Waals surface area (Å²) in [6, 6.07) is 2.61. The fourth-order valence-corrected chi connectivity index (χ4v) is 4.60. The number of aryl methyl sites for hydroxylation is 1. The number of carbonyl (C=O) groups is 2. The third-order valence-electron chi connectivity index (χ3n) is 6.27. The first-order valence-electron chi connectivity index (χ1n) is 9.67. The lowest BCUT2D eigenvalue weighted by atomic mass is 9.77. The second kappa shape index (κ2) is 6.56. The van der Waals surface area contributed by atoms with Crippen LogP contribution in [0.2, 0.25) is 0 Å². The average molecular weight is 358 g/mol. The lowest BCUT2D eigenvalue weighted by Gasteiger charge is -2.42. The van der Waals surface area contributed by atoms with Crippen LogP contribution in [-0.4, -0.2) is 47.8 Å². The highest BCUT2D eigenvalue weighted by Crippen LogP contribution is 2.41. The molecule has 3 fully saturated rings. The number of piperidine rings is 1. The molecule has 2 amide bonds. The maximum Gasteiger partial charge on any atom is 0.289 e. The molecule has 2 aliphatic heterocycles. The molecular weight excluding hydrogens is 332 g/mol. The summed E-state index contributed by atoms with van der Waals surface area (Å²) in [4.78, 5) is 41.3. The van der Waals surface area contributed by atoms with Gasteiger partial charge in [-0.15, -0.1) is 0 Å². The van der Waals surface area contributed by atoms with E-state index in [4.69, 9.17) is 4.42 Å². The lowest BCUT2D eigenvalue weighted by Crippen LogP contribution is -2.52. The van der Waals surface area contributed by atoms with Crippen molar-refractivity contribution in [2.24, 2.45) is 11.3 Å². The van der Waals surface area contributed by atoms with Gasteiger partial charge in [0.1, 0.15) is 5.76 Å². The molecule has 26 heavy (non-hydrogen) atoms. The molecule has 6 heteroatoms. The molecule has 1 saturated carbocycles. The van der Waals surface area contributed by atoms with Crippen molar-refractivity contribution in [2.75, 3.05) is 26.2 Å². The lowest BCUT2D eigenvalue weighted by molar-refractivity contribution is -0.146. The van der Waals surface area contributed by atoms with E-state index in [0.29, 0.717) is 31.2 Å². The van der Waals surface area contributed by atoms with Crippen molar-refractivity contribution in [1.29, 1.82) is 0 Å². The predicted molar refractivity (Wildman–Crippen MR) is 95.8 cm³/mol. The normalized spacial score (nSPS) is 26.4. The molecule has 1 aliphatic carbocycles. The van der Waals surface area contributed by atoms with Gasteiger partial charge in [0.2, 0.25) is 5.91 Å². The predicted octanol–water partition coefficient (Wildman–Crippen LogP) is 2.20. The highest BCUT2D eigenvalue weighted by atomic mass is 16.3. The van der Waals surface area contributed by atoms with Gasteiger partial charge in [0.15, 0.2) is 11.2 Å². The van der Waals surface area contributed by atoms with Gasteiger partial charge in [-0.05, 0) is 44.9 Å². The first kappa shape index (κ1) is 17.3. The number of hydrogen-bond donors (Lipinski definition) is 0. The Hall–Kier alpha value is -2.11. The largest absolute Gasteiger partial charge is 0.456 e. The van der Waals surface area contributed by atoms with Gasteiger partial charge >= 0.3 is 0 Å². The molecule has 3 aliphatic rings. The van der Waals surface area contributed by atoms with Crippen molar-refractivity contribution in [1.82, 2.24) is 9.80 Å². The van der Waals surface area contributed by atoms with Crippen LogP contribution in [0.25, 0.3) is 0 Å². The Kier molecular flexibility index (Phi) is 4.37. The van der Waals surface area contributed by atoms with Crippen LogP contribution in [0.1, 0.15) is 54.8 Å². The fraction of sp³-hybridized carbons (Fsp3) is 0.650. The number of nitrogens with zero attached hydrogens (tertiary/aromatic N) is 2. The fourth-order valence-electron chi connectivity index (χ4n) is 4.60. The Morgan fingerprint density at radius 1 is 1.19 bits per heavy atom. The van der Waals surface area contributed by atoms with Crippen molar-refractivity contribution < 1.29 is 14.0 Å². The quantitative estimate of drug-likeness (QED) is 0.830. The second-order valence-corrected chi connectivity index (χ2v) is 8.18. The van der Waals surface area contributed by atoms with Crippen molar-refractivity contribution in [3.05, 3.63) is 33.9 Å². The van der Waals surface area contributed by atoms with E-state index in [1.54, 1.807) is 11.8 Å². The van der Waals surface area contributed by atoms with Crippen molar-refractivity contribution >= 4 is 11.8 Å². The minimum Gasteiger partial charge on any atom is -0.456 e. The molecule has 140 valence electrons. The van der Waals surface area contributed by atoms with Gasteiger partial charge in [0.05, 0.1) is 5.41 Å². The van der Waals surface area contributed by atoms with E-state index in [2.05, 4.69) is 0 Å². The third-order valence-corrected chi connectivity index (χ3v) is 6.27. The molecule has 1 aromatic heterocycles. The standard InChI is InChI=1S/C20H26N2O4/c1-14-10-16(23)11-17(26-14)18(24)22-9-7-20(13-22)6-3-8-21(19(20)25)12-15-4-2-5-15/h10-11,15H,2-9,12-13H2,1H3/t20-/m1/s1.